The Hall–Kier alpha value is -1.08. The summed E-state index contributed by atoms with van der Waals surface area (Å²) < 4.78 is 5.67. The summed E-state index contributed by atoms with van der Waals surface area (Å²) in [4.78, 5) is 0. The molecular formula is C14H20O. The minimum atomic E-state index is 0.260. The van der Waals surface area contributed by atoms with Crippen molar-refractivity contribution in [3.63, 3.8) is 0 Å². The van der Waals surface area contributed by atoms with Crippen molar-refractivity contribution in [3.05, 3.63) is 48.1 Å². The maximum atomic E-state index is 5.67. The van der Waals surface area contributed by atoms with E-state index >= 15 is 0 Å². The Bertz CT molecular complexity index is 282. The van der Waals surface area contributed by atoms with Crippen LogP contribution >= 0.6 is 0 Å². The highest BCUT2D eigenvalue weighted by molar-refractivity contribution is 5.17. The summed E-state index contributed by atoms with van der Waals surface area (Å²) in [5, 5.41) is 0. The minimum absolute atomic E-state index is 0.260. The number of ether oxygens (including phenoxy) is 1. The molecule has 0 saturated heterocycles. The molecule has 0 bridgehead atoms. The van der Waals surface area contributed by atoms with Gasteiger partial charge in [0.1, 0.15) is 0 Å². The van der Waals surface area contributed by atoms with E-state index in [0.717, 1.165) is 12.8 Å². The van der Waals surface area contributed by atoms with Gasteiger partial charge in [-0.2, -0.15) is 0 Å². The lowest BCUT2D eigenvalue weighted by atomic mass is 10.1. The molecule has 0 radical (unpaired) electrons. The second kappa shape index (κ2) is 7.24. The van der Waals surface area contributed by atoms with Crippen molar-refractivity contribution in [1.29, 1.82) is 0 Å². The van der Waals surface area contributed by atoms with Gasteiger partial charge in [-0.1, -0.05) is 55.0 Å². The van der Waals surface area contributed by atoms with E-state index in [9.17, 15) is 0 Å². The molecule has 1 atom stereocenters. The summed E-state index contributed by atoms with van der Waals surface area (Å²) >= 11 is 0. The standard InChI is InChI=1S/C14H20O/c1-3-13(4-2)9-8-12-15-14-10-6-5-7-11-14/h3,5-10,14H,4,11-12H2,1-2H3/b9-8-,13-3-/t14-/m0/s1. The average molecular weight is 204 g/mol. The largest absolute Gasteiger partial charge is 0.370 e. The van der Waals surface area contributed by atoms with Gasteiger partial charge in [-0.25, -0.2) is 0 Å². The van der Waals surface area contributed by atoms with E-state index < -0.39 is 0 Å². The van der Waals surface area contributed by atoms with Crippen molar-refractivity contribution < 1.29 is 4.74 Å². The summed E-state index contributed by atoms with van der Waals surface area (Å²) in [7, 11) is 0. The Morgan fingerprint density at radius 1 is 1.47 bits per heavy atom. The summed E-state index contributed by atoms with van der Waals surface area (Å²) in [6.07, 6.45) is 17.0. The number of rotatable bonds is 5. The Balaban J connectivity index is 2.21. The van der Waals surface area contributed by atoms with Gasteiger partial charge in [0.15, 0.2) is 0 Å². The predicted octanol–water partition coefficient (Wildman–Crippen LogP) is 3.80. The van der Waals surface area contributed by atoms with Gasteiger partial charge in [0, 0.05) is 0 Å². The van der Waals surface area contributed by atoms with E-state index in [0.29, 0.717) is 6.61 Å². The van der Waals surface area contributed by atoms with Crippen molar-refractivity contribution in [3.8, 4) is 0 Å². The van der Waals surface area contributed by atoms with Gasteiger partial charge >= 0.3 is 0 Å². The molecule has 0 aromatic rings. The first kappa shape index (κ1) is 12.0. The molecule has 1 nitrogen and oxygen atoms in total. The summed E-state index contributed by atoms with van der Waals surface area (Å²) in [6, 6.07) is 0. The van der Waals surface area contributed by atoms with Crippen molar-refractivity contribution in [2.45, 2.75) is 32.8 Å². The SMILES string of the molecule is C/C=C(\C=C/CO[C@H]1C=CC=CC1)CC. The van der Waals surface area contributed by atoms with Crippen LogP contribution in [0.1, 0.15) is 26.7 Å². The zero-order chi connectivity index (χ0) is 10.9. The van der Waals surface area contributed by atoms with Crippen LogP contribution in [0.25, 0.3) is 0 Å². The van der Waals surface area contributed by atoms with Gasteiger partial charge in [0.2, 0.25) is 0 Å². The quantitative estimate of drug-likeness (QED) is 0.619. The second-order valence-electron chi connectivity index (χ2n) is 3.54. The number of hydrogen-bond acceptors (Lipinski definition) is 1. The molecule has 82 valence electrons. The van der Waals surface area contributed by atoms with Crippen molar-refractivity contribution in [2.24, 2.45) is 0 Å². The van der Waals surface area contributed by atoms with Crippen molar-refractivity contribution in [1.82, 2.24) is 0 Å². The average Bonchev–Trinajstić information content (AvgIpc) is 2.31. The van der Waals surface area contributed by atoms with Gasteiger partial charge in [-0.05, 0) is 19.8 Å². The molecule has 1 rings (SSSR count). The maximum Gasteiger partial charge on any atom is 0.0797 e. The van der Waals surface area contributed by atoms with Crippen LogP contribution in [-0.4, -0.2) is 12.7 Å². The fourth-order valence-electron chi connectivity index (χ4n) is 1.48. The summed E-state index contributed by atoms with van der Waals surface area (Å²) in [5.74, 6) is 0. The zero-order valence-electron chi connectivity index (χ0n) is 9.65. The van der Waals surface area contributed by atoms with Gasteiger partial charge < -0.3 is 4.74 Å². The van der Waals surface area contributed by atoms with Crippen LogP contribution in [0, 0.1) is 0 Å². The molecule has 0 spiro atoms. The van der Waals surface area contributed by atoms with Crippen LogP contribution in [0.15, 0.2) is 48.1 Å². The normalized spacial score (nSPS) is 21.5. The molecule has 1 aliphatic rings. The Labute approximate surface area is 92.8 Å². The van der Waals surface area contributed by atoms with Gasteiger partial charge in [0.05, 0.1) is 12.7 Å². The van der Waals surface area contributed by atoms with E-state index in [2.05, 4.69) is 50.3 Å². The molecule has 0 aromatic carbocycles. The third-order valence-corrected chi connectivity index (χ3v) is 2.46. The minimum Gasteiger partial charge on any atom is -0.370 e. The fourth-order valence-corrected chi connectivity index (χ4v) is 1.48. The predicted molar refractivity (Wildman–Crippen MR) is 65.8 cm³/mol. The molecule has 0 fully saturated rings. The first-order valence-corrected chi connectivity index (χ1v) is 5.63. The second-order valence-corrected chi connectivity index (χ2v) is 3.54. The first-order chi connectivity index (χ1) is 7.36. The van der Waals surface area contributed by atoms with E-state index in [4.69, 9.17) is 4.74 Å². The monoisotopic (exact) mass is 204 g/mol. The molecule has 1 aliphatic carbocycles. The van der Waals surface area contributed by atoms with Gasteiger partial charge in [0.25, 0.3) is 0 Å². The maximum absolute atomic E-state index is 5.67. The smallest absolute Gasteiger partial charge is 0.0797 e. The highest BCUT2D eigenvalue weighted by Gasteiger charge is 2.02. The molecule has 0 saturated carbocycles. The molecule has 0 unspecified atom stereocenters. The van der Waals surface area contributed by atoms with Crippen LogP contribution in [0.3, 0.4) is 0 Å². The lowest BCUT2D eigenvalue weighted by Crippen LogP contribution is -2.10. The summed E-state index contributed by atoms with van der Waals surface area (Å²) in [6.45, 7) is 4.92. The molecule has 0 aliphatic heterocycles. The Morgan fingerprint density at radius 2 is 2.33 bits per heavy atom. The molecule has 0 heterocycles. The highest BCUT2D eigenvalue weighted by atomic mass is 16.5. The Kier molecular flexibility index (Phi) is 5.79. The third-order valence-electron chi connectivity index (χ3n) is 2.46. The molecule has 0 N–H and O–H groups in total. The van der Waals surface area contributed by atoms with Crippen LogP contribution < -0.4 is 0 Å². The van der Waals surface area contributed by atoms with E-state index in [1.54, 1.807) is 0 Å². The molecular weight excluding hydrogens is 184 g/mol. The van der Waals surface area contributed by atoms with E-state index in [-0.39, 0.29) is 6.10 Å². The van der Waals surface area contributed by atoms with Gasteiger partial charge in [-0.15, -0.1) is 0 Å². The molecule has 0 amide bonds. The van der Waals surface area contributed by atoms with Crippen LogP contribution in [0.5, 0.6) is 0 Å². The first-order valence-electron chi connectivity index (χ1n) is 5.63. The van der Waals surface area contributed by atoms with E-state index in [1.807, 2.05) is 6.08 Å². The number of hydrogen-bond donors (Lipinski definition) is 0. The molecule has 0 aromatic heterocycles. The number of allylic oxidation sites excluding steroid dienone is 5. The van der Waals surface area contributed by atoms with Crippen LogP contribution in [0.2, 0.25) is 0 Å². The third kappa shape index (κ3) is 4.80. The van der Waals surface area contributed by atoms with Crippen molar-refractivity contribution in [2.75, 3.05) is 6.61 Å². The fraction of sp³-hybridized carbons (Fsp3) is 0.429. The highest BCUT2D eigenvalue weighted by Crippen LogP contribution is 2.07. The van der Waals surface area contributed by atoms with E-state index in [1.165, 1.54) is 5.57 Å². The van der Waals surface area contributed by atoms with Crippen LogP contribution in [-0.2, 0) is 4.74 Å². The summed E-state index contributed by atoms with van der Waals surface area (Å²) in [5.41, 5.74) is 1.36. The molecule has 1 heteroatoms. The topological polar surface area (TPSA) is 9.23 Å². The molecule has 15 heavy (non-hydrogen) atoms. The van der Waals surface area contributed by atoms with Gasteiger partial charge in [-0.3, -0.25) is 0 Å². The lowest BCUT2D eigenvalue weighted by Gasteiger charge is -2.12. The van der Waals surface area contributed by atoms with Crippen LogP contribution in [0.4, 0.5) is 0 Å². The zero-order valence-corrected chi connectivity index (χ0v) is 9.65. The lowest BCUT2D eigenvalue weighted by molar-refractivity contribution is 0.111. The Morgan fingerprint density at radius 3 is 2.93 bits per heavy atom. The van der Waals surface area contributed by atoms with Crippen molar-refractivity contribution >= 4 is 0 Å².